The van der Waals surface area contributed by atoms with E-state index in [2.05, 4.69) is 4.98 Å². The molecule has 0 radical (unpaired) electrons. The summed E-state index contributed by atoms with van der Waals surface area (Å²) in [6.45, 7) is 0.440. The summed E-state index contributed by atoms with van der Waals surface area (Å²) in [5.74, 6) is -1.12. The lowest BCUT2D eigenvalue weighted by atomic mass is 9.92. The highest BCUT2D eigenvalue weighted by Gasteiger charge is 2.35. The topological polar surface area (TPSA) is 70.5 Å². The number of benzene rings is 1. The van der Waals surface area contributed by atoms with E-state index in [1.165, 1.54) is 4.90 Å². The monoisotopic (exact) mass is 310 g/mol. The molecule has 0 saturated heterocycles. The van der Waals surface area contributed by atoms with Gasteiger partial charge in [-0.2, -0.15) is 0 Å². The van der Waals surface area contributed by atoms with Crippen molar-refractivity contribution in [2.75, 3.05) is 6.54 Å². The van der Waals surface area contributed by atoms with Gasteiger partial charge in [0, 0.05) is 24.9 Å². The summed E-state index contributed by atoms with van der Waals surface area (Å²) in [5.41, 5.74) is 2.57. The van der Waals surface area contributed by atoms with E-state index in [9.17, 15) is 14.7 Å². The molecule has 0 spiro atoms. The second-order valence-electron chi connectivity index (χ2n) is 5.60. The molecule has 5 heteroatoms. The Morgan fingerprint density at radius 1 is 1.17 bits per heavy atom. The van der Waals surface area contributed by atoms with Crippen LogP contribution in [-0.4, -0.2) is 33.4 Å². The quantitative estimate of drug-likeness (QED) is 0.940. The fourth-order valence-electron chi connectivity index (χ4n) is 3.03. The number of fused-ring (bicyclic) bond motifs is 1. The van der Waals surface area contributed by atoms with Gasteiger partial charge < -0.3 is 10.0 Å². The standard InChI is InChI=1S/C18H18N2O3/c21-16(9-8-14-6-3-4-11-19-14)20-12-10-13-5-1-2-7-15(13)17(20)18(22)23/h1-7,11,17H,8-10,12H2,(H,22,23). The molecule has 1 aromatic carbocycles. The van der Waals surface area contributed by atoms with E-state index in [0.29, 0.717) is 19.4 Å². The highest BCUT2D eigenvalue weighted by molar-refractivity contribution is 5.85. The highest BCUT2D eigenvalue weighted by Crippen LogP contribution is 2.30. The van der Waals surface area contributed by atoms with E-state index in [0.717, 1.165) is 16.8 Å². The average molecular weight is 310 g/mol. The molecule has 1 unspecified atom stereocenters. The number of rotatable bonds is 4. The Morgan fingerprint density at radius 2 is 1.96 bits per heavy atom. The van der Waals surface area contributed by atoms with Gasteiger partial charge >= 0.3 is 5.97 Å². The van der Waals surface area contributed by atoms with Crippen molar-refractivity contribution in [2.45, 2.75) is 25.3 Å². The van der Waals surface area contributed by atoms with Crippen molar-refractivity contribution < 1.29 is 14.7 Å². The Bertz CT molecular complexity index is 715. The molecule has 1 aromatic heterocycles. The van der Waals surface area contributed by atoms with Crippen LogP contribution >= 0.6 is 0 Å². The fourth-order valence-corrected chi connectivity index (χ4v) is 3.03. The van der Waals surface area contributed by atoms with Gasteiger partial charge in [0.25, 0.3) is 0 Å². The van der Waals surface area contributed by atoms with Crippen molar-refractivity contribution in [2.24, 2.45) is 0 Å². The summed E-state index contributed by atoms with van der Waals surface area (Å²) >= 11 is 0. The van der Waals surface area contributed by atoms with Gasteiger partial charge in [-0.05, 0) is 36.1 Å². The van der Waals surface area contributed by atoms with Gasteiger partial charge in [0.1, 0.15) is 0 Å². The van der Waals surface area contributed by atoms with Crippen LogP contribution in [0.1, 0.15) is 29.3 Å². The lowest BCUT2D eigenvalue weighted by molar-refractivity contribution is -0.151. The molecular weight excluding hydrogens is 292 g/mol. The Morgan fingerprint density at radius 3 is 2.70 bits per heavy atom. The lowest BCUT2D eigenvalue weighted by Crippen LogP contribution is -2.43. The predicted molar refractivity (Wildman–Crippen MR) is 84.8 cm³/mol. The average Bonchev–Trinajstić information content (AvgIpc) is 2.59. The molecular formula is C18H18N2O3. The van der Waals surface area contributed by atoms with Gasteiger partial charge in [0.2, 0.25) is 5.91 Å². The van der Waals surface area contributed by atoms with E-state index in [4.69, 9.17) is 0 Å². The molecule has 0 fully saturated rings. The second-order valence-corrected chi connectivity index (χ2v) is 5.60. The first kappa shape index (κ1) is 15.2. The number of carbonyl (C=O) groups is 2. The number of pyridine rings is 1. The van der Waals surface area contributed by atoms with Crippen molar-refractivity contribution >= 4 is 11.9 Å². The summed E-state index contributed by atoms with van der Waals surface area (Å²) in [4.78, 5) is 29.9. The first-order chi connectivity index (χ1) is 11.2. The zero-order valence-electron chi connectivity index (χ0n) is 12.7. The number of aliphatic carboxylic acids is 1. The van der Waals surface area contributed by atoms with Crippen molar-refractivity contribution in [1.82, 2.24) is 9.88 Å². The number of aryl methyl sites for hydroxylation is 1. The van der Waals surface area contributed by atoms with Crippen LogP contribution in [0.3, 0.4) is 0 Å². The van der Waals surface area contributed by atoms with Gasteiger partial charge in [-0.3, -0.25) is 9.78 Å². The van der Waals surface area contributed by atoms with Gasteiger partial charge in [0.05, 0.1) is 0 Å². The van der Waals surface area contributed by atoms with Crippen molar-refractivity contribution in [3.63, 3.8) is 0 Å². The normalized spacial score (nSPS) is 16.7. The lowest BCUT2D eigenvalue weighted by Gasteiger charge is -2.34. The van der Waals surface area contributed by atoms with Crippen LogP contribution in [0.25, 0.3) is 0 Å². The molecule has 0 saturated carbocycles. The largest absolute Gasteiger partial charge is 0.479 e. The van der Waals surface area contributed by atoms with Crippen LogP contribution < -0.4 is 0 Å². The molecule has 118 valence electrons. The van der Waals surface area contributed by atoms with Crippen LogP contribution in [0, 0.1) is 0 Å². The van der Waals surface area contributed by atoms with Gasteiger partial charge in [-0.1, -0.05) is 30.3 Å². The summed E-state index contributed by atoms with van der Waals surface area (Å²) in [6, 6.07) is 12.1. The smallest absolute Gasteiger partial charge is 0.331 e. The minimum Gasteiger partial charge on any atom is -0.479 e. The number of carboxylic acids is 1. The third-order valence-corrected chi connectivity index (χ3v) is 4.16. The van der Waals surface area contributed by atoms with Crippen molar-refractivity contribution in [3.8, 4) is 0 Å². The maximum atomic E-state index is 12.5. The van der Waals surface area contributed by atoms with E-state index in [1.807, 2.05) is 36.4 Å². The molecule has 1 aliphatic rings. The zero-order chi connectivity index (χ0) is 16.2. The van der Waals surface area contributed by atoms with Crippen LogP contribution in [0.4, 0.5) is 0 Å². The summed E-state index contributed by atoms with van der Waals surface area (Å²) in [5, 5.41) is 9.58. The molecule has 23 heavy (non-hydrogen) atoms. The van der Waals surface area contributed by atoms with E-state index in [-0.39, 0.29) is 12.3 Å². The van der Waals surface area contributed by atoms with Crippen molar-refractivity contribution in [1.29, 1.82) is 0 Å². The number of carbonyl (C=O) groups excluding carboxylic acids is 1. The minimum absolute atomic E-state index is 0.141. The molecule has 2 aromatic rings. The summed E-state index contributed by atoms with van der Waals surface area (Å²) in [7, 11) is 0. The summed E-state index contributed by atoms with van der Waals surface area (Å²) in [6.07, 6.45) is 3.17. The van der Waals surface area contributed by atoms with Gasteiger partial charge in [-0.15, -0.1) is 0 Å². The third kappa shape index (κ3) is 3.23. The second kappa shape index (κ2) is 6.60. The number of hydrogen-bond donors (Lipinski definition) is 1. The number of nitrogens with zero attached hydrogens (tertiary/aromatic N) is 2. The molecule has 0 aliphatic carbocycles. The van der Waals surface area contributed by atoms with E-state index >= 15 is 0 Å². The van der Waals surface area contributed by atoms with Crippen LogP contribution in [0.2, 0.25) is 0 Å². The molecule has 5 nitrogen and oxygen atoms in total. The van der Waals surface area contributed by atoms with Crippen LogP contribution in [0.15, 0.2) is 48.7 Å². The van der Waals surface area contributed by atoms with Crippen LogP contribution in [-0.2, 0) is 22.4 Å². The number of amides is 1. The molecule has 3 rings (SSSR count). The zero-order valence-corrected chi connectivity index (χ0v) is 12.7. The number of hydrogen-bond acceptors (Lipinski definition) is 3. The van der Waals surface area contributed by atoms with Gasteiger partial charge in [0.15, 0.2) is 6.04 Å². The SMILES string of the molecule is O=C(O)C1c2ccccc2CCN1C(=O)CCc1ccccn1. The molecule has 2 heterocycles. The first-order valence-electron chi connectivity index (χ1n) is 7.67. The number of aromatic nitrogens is 1. The molecule has 0 bridgehead atoms. The maximum absolute atomic E-state index is 12.5. The first-order valence-corrected chi connectivity index (χ1v) is 7.67. The summed E-state index contributed by atoms with van der Waals surface area (Å²) < 4.78 is 0. The van der Waals surface area contributed by atoms with E-state index in [1.54, 1.807) is 12.3 Å². The Balaban J connectivity index is 1.76. The fraction of sp³-hybridized carbons (Fsp3) is 0.278. The Kier molecular flexibility index (Phi) is 4.37. The van der Waals surface area contributed by atoms with Crippen LogP contribution in [0.5, 0.6) is 0 Å². The number of carboxylic acid groups (broad SMARTS) is 1. The molecule has 1 atom stereocenters. The third-order valence-electron chi connectivity index (χ3n) is 4.16. The predicted octanol–water partition coefficient (Wildman–Crippen LogP) is 2.22. The van der Waals surface area contributed by atoms with E-state index < -0.39 is 12.0 Å². The minimum atomic E-state index is -0.983. The maximum Gasteiger partial charge on any atom is 0.331 e. The Hall–Kier alpha value is -2.69. The molecule has 1 aliphatic heterocycles. The van der Waals surface area contributed by atoms with Gasteiger partial charge in [-0.25, -0.2) is 4.79 Å². The molecule has 1 N–H and O–H groups in total. The molecule has 1 amide bonds. The van der Waals surface area contributed by atoms with Crippen molar-refractivity contribution in [3.05, 3.63) is 65.5 Å². The highest BCUT2D eigenvalue weighted by atomic mass is 16.4. The Labute approximate surface area is 134 Å².